The monoisotopic (exact) mass is 295 g/mol. The van der Waals surface area contributed by atoms with Crippen molar-refractivity contribution in [3.05, 3.63) is 52.4 Å². The molecule has 0 fully saturated rings. The Bertz CT molecular complexity index is 482. The Hall–Kier alpha value is -1.26. The average molecular weight is 296 g/mol. The third-order valence-corrected chi connectivity index (χ3v) is 3.28. The van der Waals surface area contributed by atoms with Crippen LogP contribution in [0.3, 0.4) is 0 Å². The zero-order valence-corrected chi connectivity index (χ0v) is 11.1. The van der Waals surface area contributed by atoms with Gasteiger partial charge in [-0.25, -0.2) is 0 Å². The van der Waals surface area contributed by atoms with Crippen molar-refractivity contribution in [1.29, 1.82) is 0 Å². The highest BCUT2D eigenvalue weighted by Crippen LogP contribution is 2.27. The highest BCUT2D eigenvalue weighted by Gasteiger charge is 2.09. The van der Waals surface area contributed by atoms with Gasteiger partial charge >= 0.3 is 0 Å². The largest absolute Gasteiger partial charge is 0.506 e. The molecule has 2 aromatic rings. The molecule has 0 unspecified atom stereocenters. The summed E-state index contributed by atoms with van der Waals surface area (Å²) in [5.41, 5.74) is 0.859. The Morgan fingerprint density at radius 1 is 1.35 bits per heavy atom. The van der Waals surface area contributed by atoms with Gasteiger partial charge in [-0.1, -0.05) is 12.1 Å². The lowest BCUT2D eigenvalue weighted by Gasteiger charge is -2.12. The van der Waals surface area contributed by atoms with Crippen LogP contribution in [-0.4, -0.2) is 5.11 Å². The summed E-state index contributed by atoms with van der Waals surface area (Å²) in [6.07, 6.45) is 1.66. The van der Waals surface area contributed by atoms with Crippen LogP contribution in [0, 0.1) is 0 Å². The van der Waals surface area contributed by atoms with E-state index < -0.39 is 0 Å². The molecule has 2 rings (SSSR count). The van der Waals surface area contributed by atoms with Crippen molar-refractivity contribution < 1.29 is 9.52 Å². The molecule has 4 heteroatoms. The summed E-state index contributed by atoms with van der Waals surface area (Å²) >= 11 is 3.30. The first kappa shape index (κ1) is 12.2. The van der Waals surface area contributed by atoms with Crippen molar-refractivity contribution in [2.45, 2.75) is 19.5 Å². The van der Waals surface area contributed by atoms with Crippen LogP contribution < -0.4 is 5.32 Å². The van der Waals surface area contributed by atoms with Crippen molar-refractivity contribution in [3.63, 3.8) is 0 Å². The highest BCUT2D eigenvalue weighted by molar-refractivity contribution is 9.10. The summed E-state index contributed by atoms with van der Waals surface area (Å²) in [7, 11) is 0. The smallest absolute Gasteiger partial charge is 0.134 e. The molecular weight excluding hydrogens is 282 g/mol. The molecule has 0 aliphatic carbocycles. The van der Waals surface area contributed by atoms with Gasteiger partial charge in [-0.3, -0.25) is 0 Å². The van der Waals surface area contributed by atoms with Gasteiger partial charge in [-0.05, 0) is 41.1 Å². The first-order valence-electron chi connectivity index (χ1n) is 5.41. The SMILES string of the molecule is C[C@@H](NCc1cccc(Br)c1O)c1ccco1. The second-order valence-corrected chi connectivity index (χ2v) is 4.72. The number of benzene rings is 1. The van der Waals surface area contributed by atoms with E-state index in [4.69, 9.17) is 4.42 Å². The number of rotatable bonds is 4. The lowest BCUT2D eigenvalue weighted by Crippen LogP contribution is -2.17. The third kappa shape index (κ3) is 2.90. The summed E-state index contributed by atoms with van der Waals surface area (Å²) in [6.45, 7) is 2.61. The second kappa shape index (κ2) is 5.38. The molecule has 0 spiro atoms. The minimum atomic E-state index is 0.114. The number of para-hydroxylation sites is 1. The number of halogens is 1. The fourth-order valence-corrected chi connectivity index (χ4v) is 2.01. The van der Waals surface area contributed by atoms with Gasteiger partial charge in [-0.15, -0.1) is 0 Å². The normalized spacial score (nSPS) is 12.6. The van der Waals surface area contributed by atoms with E-state index in [-0.39, 0.29) is 11.8 Å². The van der Waals surface area contributed by atoms with E-state index in [1.54, 1.807) is 6.26 Å². The van der Waals surface area contributed by atoms with Gasteiger partial charge in [-0.2, -0.15) is 0 Å². The van der Waals surface area contributed by atoms with Gasteiger partial charge in [0.25, 0.3) is 0 Å². The summed E-state index contributed by atoms with van der Waals surface area (Å²) in [5.74, 6) is 1.17. The van der Waals surface area contributed by atoms with Crippen molar-refractivity contribution in [1.82, 2.24) is 5.32 Å². The molecule has 0 amide bonds. The third-order valence-electron chi connectivity index (χ3n) is 2.64. The zero-order valence-electron chi connectivity index (χ0n) is 9.48. The Morgan fingerprint density at radius 3 is 2.88 bits per heavy atom. The quantitative estimate of drug-likeness (QED) is 0.906. The summed E-state index contributed by atoms with van der Waals surface area (Å²) in [4.78, 5) is 0. The molecule has 0 bridgehead atoms. The number of hydrogen-bond donors (Lipinski definition) is 2. The number of hydrogen-bond acceptors (Lipinski definition) is 3. The Balaban J connectivity index is 2.00. The number of phenols is 1. The lowest BCUT2D eigenvalue weighted by molar-refractivity contribution is 0.421. The number of nitrogens with one attached hydrogen (secondary N) is 1. The molecule has 0 aliphatic rings. The first-order valence-corrected chi connectivity index (χ1v) is 6.21. The highest BCUT2D eigenvalue weighted by atomic mass is 79.9. The van der Waals surface area contributed by atoms with E-state index >= 15 is 0 Å². The number of aromatic hydroxyl groups is 1. The van der Waals surface area contributed by atoms with E-state index in [0.717, 1.165) is 11.3 Å². The molecule has 2 N–H and O–H groups in total. The molecule has 0 aliphatic heterocycles. The van der Waals surface area contributed by atoms with Crippen LogP contribution in [0.4, 0.5) is 0 Å². The summed E-state index contributed by atoms with van der Waals surface area (Å²) in [6, 6.07) is 9.51. The molecule has 90 valence electrons. The van der Waals surface area contributed by atoms with Crippen LogP contribution in [0.5, 0.6) is 5.75 Å². The van der Waals surface area contributed by atoms with Gasteiger partial charge < -0.3 is 14.8 Å². The fraction of sp³-hybridized carbons (Fsp3) is 0.231. The molecule has 0 saturated heterocycles. The Labute approximate surface area is 109 Å². The molecule has 1 aromatic heterocycles. The summed E-state index contributed by atoms with van der Waals surface area (Å²) < 4.78 is 6.01. The van der Waals surface area contributed by atoms with Crippen molar-refractivity contribution in [2.75, 3.05) is 0 Å². The van der Waals surface area contributed by atoms with E-state index in [1.165, 1.54) is 0 Å². The molecule has 0 saturated carbocycles. The molecular formula is C13H14BrNO2. The Kier molecular flexibility index (Phi) is 3.86. The van der Waals surface area contributed by atoms with Crippen LogP contribution in [0.15, 0.2) is 45.5 Å². The van der Waals surface area contributed by atoms with Crippen molar-refractivity contribution in [3.8, 4) is 5.75 Å². The summed E-state index contributed by atoms with van der Waals surface area (Å²) in [5, 5.41) is 13.1. The zero-order chi connectivity index (χ0) is 12.3. The van der Waals surface area contributed by atoms with E-state index in [0.29, 0.717) is 11.0 Å². The van der Waals surface area contributed by atoms with Gasteiger partial charge in [0.1, 0.15) is 11.5 Å². The van der Waals surface area contributed by atoms with Gasteiger partial charge in [0.15, 0.2) is 0 Å². The van der Waals surface area contributed by atoms with E-state index in [9.17, 15) is 5.11 Å². The lowest BCUT2D eigenvalue weighted by atomic mass is 10.2. The van der Waals surface area contributed by atoms with Crippen LogP contribution >= 0.6 is 15.9 Å². The van der Waals surface area contributed by atoms with Crippen LogP contribution in [-0.2, 0) is 6.54 Å². The van der Waals surface area contributed by atoms with Crippen LogP contribution in [0.25, 0.3) is 0 Å². The van der Waals surface area contributed by atoms with Crippen molar-refractivity contribution >= 4 is 15.9 Å². The first-order chi connectivity index (χ1) is 8.18. The maximum absolute atomic E-state index is 9.83. The average Bonchev–Trinajstić information content (AvgIpc) is 2.84. The maximum Gasteiger partial charge on any atom is 0.134 e. The molecule has 1 aromatic carbocycles. The predicted octanol–water partition coefficient (Wildman–Crippen LogP) is 3.60. The van der Waals surface area contributed by atoms with E-state index in [2.05, 4.69) is 21.2 Å². The molecule has 1 heterocycles. The van der Waals surface area contributed by atoms with Crippen LogP contribution in [0.1, 0.15) is 24.3 Å². The predicted molar refractivity (Wildman–Crippen MR) is 69.8 cm³/mol. The van der Waals surface area contributed by atoms with Gasteiger partial charge in [0.2, 0.25) is 0 Å². The number of phenolic OH excluding ortho intramolecular Hbond substituents is 1. The van der Waals surface area contributed by atoms with Crippen LogP contribution in [0.2, 0.25) is 0 Å². The molecule has 1 atom stereocenters. The second-order valence-electron chi connectivity index (χ2n) is 3.87. The Morgan fingerprint density at radius 2 is 2.18 bits per heavy atom. The van der Waals surface area contributed by atoms with E-state index in [1.807, 2.05) is 37.3 Å². The standard InChI is InChI=1S/C13H14BrNO2/c1-9(12-6-3-7-17-12)15-8-10-4-2-5-11(14)13(10)16/h2-7,9,15-16H,8H2,1H3/t9-/m1/s1. The topological polar surface area (TPSA) is 45.4 Å². The fourth-order valence-electron chi connectivity index (χ4n) is 1.60. The van der Waals surface area contributed by atoms with Gasteiger partial charge in [0, 0.05) is 12.1 Å². The number of furan rings is 1. The van der Waals surface area contributed by atoms with Gasteiger partial charge in [0.05, 0.1) is 16.8 Å². The molecule has 0 radical (unpaired) electrons. The minimum Gasteiger partial charge on any atom is -0.506 e. The molecule has 3 nitrogen and oxygen atoms in total. The molecule has 17 heavy (non-hydrogen) atoms. The maximum atomic E-state index is 9.83. The van der Waals surface area contributed by atoms with Crippen molar-refractivity contribution in [2.24, 2.45) is 0 Å². The minimum absolute atomic E-state index is 0.114.